The Kier molecular flexibility index (Phi) is 5.03. The van der Waals surface area contributed by atoms with Crippen LogP contribution in [0.5, 0.6) is 11.5 Å². The standard InChI is InChI=1S/C14H13BrINO/c15-13-9-10(7-8-17)1-6-14(13)18-12-4-2-11(16)3-5-12/h1-6,9H,7-8,17H2. The van der Waals surface area contributed by atoms with Crippen molar-refractivity contribution in [3.8, 4) is 11.5 Å². The molecule has 2 nitrogen and oxygen atoms in total. The molecule has 2 aromatic rings. The van der Waals surface area contributed by atoms with Gasteiger partial charge in [0, 0.05) is 3.57 Å². The van der Waals surface area contributed by atoms with Crippen LogP contribution >= 0.6 is 38.5 Å². The van der Waals surface area contributed by atoms with Crippen molar-refractivity contribution >= 4 is 38.5 Å². The molecule has 0 radical (unpaired) electrons. The molecule has 0 aromatic heterocycles. The van der Waals surface area contributed by atoms with E-state index in [0.717, 1.165) is 22.4 Å². The van der Waals surface area contributed by atoms with E-state index in [1.165, 1.54) is 9.13 Å². The molecule has 0 amide bonds. The van der Waals surface area contributed by atoms with Gasteiger partial charge >= 0.3 is 0 Å². The maximum absolute atomic E-state index is 5.82. The van der Waals surface area contributed by atoms with E-state index >= 15 is 0 Å². The van der Waals surface area contributed by atoms with Gasteiger partial charge in [0.15, 0.2) is 0 Å². The lowest BCUT2D eigenvalue weighted by atomic mass is 10.1. The third kappa shape index (κ3) is 3.70. The van der Waals surface area contributed by atoms with Crippen molar-refractivity contribution < 1.29 is 4.74 Å². The number of hydrogen-bond acceptors (Lipinski definition) is 2. The summed E-state index contributed by atoms with van der Waals surface area (Å²) in [6.45, 7) is 0.657. The van der Waals surface area contributed by atoms with Crippen molar-refractivity contribution in [2.75, 3.05) is 6.54 Å². The average Bonchev–Trinajstić information content (AvgIpc) is 2.36. The van der Waals surface area contributed by atoms with Gasteiger partial charge in [0.25, 0.3) is 0 Å². The Morgan fingerprint density at radius 2 is 1.83 bits per heavy atom. The first-order valence-electron chi connectivity index (χ1n) is 5.61. The van der Waals surface area contributed by atoms with Crippen LogP contribution in [-0.4, -0.2) is 6.54 Å². The highest BCUT2D eigenvalue weighted by Gasteiger charge is 2.04. The molecular formula is C14H13BrINO. The lowest BCUT2D eigenvalue weighted by molar-refractivity contribution is 0.479. The van der Waals surface area contributed by atoms with Gasteiger partial charge in [0.2, 0.25) is 0 Å². The quantitative estimate of drug-likeness (QED) is 0.750. The summed E-state index contributed by atoms with van der Waals surface area (Å²) < 4.78 is 7.96. The van der Waals surface area contributed by atoms with Gasteiger partial charge in [-0.2, -0.15) is 0 Å². The molecule has 0 unspecified atom stereocenters. The van der Waals surface area contributed by atoms with E-state index < -0.39 is 0 Å². The fourth-order valence-corrected chi connectivity index (χ4v) is 2.45. The van der Waals surface area contributed by atoms with Gasteiger partial charge in [0.1, 0.15) is 11.5 Å². The maximum Gasteiger partial charge on any atom is 0.141 e. The number of rotatable bonds is 4. The Morgan fingerprint density at radius 3 is 2.44 bits per heavy atom. The van der Waals surface area contributed by atoms with Crippen molar-refractivity contribution in [2.45, 2.75) is 6.42 Å². The Hall–Kier alpha value is -0.590. The summed E-state index contributed by atoms with van der Waals surface area (Å²) in [6, 6.07) is 14.0. The molecule has 0 saturated carbocycles. The van der Waals surface area contributed by atoms with Crippen LogP contribution in [0.25, 0.3) is 0 Å². The zero-order chi connectivity index (χ0) is 13.0. The second-order valence-corrected chi connectivity index (χ2v) is 5.96. The second-order valence-electron chi connectivity index (χ2n) is 3.86. The van der Waals surface area contributed by atoms with Crippen LogP contribution in [0.15, 0.2) is 46.9 Å². The van der Waals surface area contributed by atoms with Crippen LogP contribution in [-0.2, 0) is 6.42 Å². The molecule has 0 heterocycles. The highest BCUT2D eigenvalue weighted by atomic mass is 127. The number of hydrogen-bond donors (Lipinski definition) is 1. The van der Waals surface area contributed by atoms with Crippen molar-refractivity contribution in [3.63, 3.8) is 0 Å². The molecule has 2 aromatic carbocycles. The van der Waals surface area contributed by atoms with Crippen LogP contribution < -0.4 is 10.5 Å². The fraction of sp³-hybridized carbons (Fsp3) is 0.143. The van der Waals surface area contributed by atoms with Crippen molar-refractivity contribution in [3.05, 3.63) is 56.1 Å². The summed E-state index contributed by atoms with van der Waals surface area (Å²) in [7, 11) is 0. The van der Waals surface area contributed by atoms with Crippen LogP contribution in [0.2, 0.25) is 0 Å². The number of benzene rings is 2. The second kappa shape index (κ2) is 6.54. The molecule has 0 aliphatic rings. The average molecular weight is 418 g/mol. The smallest absolute Gasteiger partial charge is 0.141 e. The lowest BCUT2D eigenvalue weighted by Gasteiger charge is -2.09. The molecule has 0 atom stereocenters. The van der Waals surface area contributed by atoms with Crippen molar-refractivity contribution in [1.82, 2.24) is 0 Å². The molecular weight excluding hydrogens is 405 g/mol. The molecule has 94 valence electrons. The van der Waals surface area contributed by atoms with Gasteiger partial charge < -0.3 is 10.5 Å². The van der Waals surface area contributed by atoms with Crippen molar-refractivity contribution in [2.24, 2.45) is 5.73 Å². The summed E-state index contributed by atoms with van der Waals surface area (Å²) in [5, 5.41) is 0. The normalized spacial score (nSPS) is 10.4. The summed E-state index contributed by atoms with van der Waals surface area (Å²) in [5.41, 5.74) is 6.75. The molecule has 18 heavy (non-hydrogen) atoms. The van der Waals surface area contributed by atoms with E-state index in [2.05, 4.69) is 44.6 Å². The first kappa shape index (κ1) is 13.8. The highest BCUT2D eigenvalue weighted by molar-refractivity contribution is 14.1. The van der Waals surface area contributed by atoms with Gasteiger partial charge in [0.05, 0.1) is 4.47 Å². The molecule has 0 saturated heterocycles. The fourth-order valence-electron chi connectivity index (χ4n) is 1.58. The molecule has 2 N–H and O–H groups in total. The Morgan fingerprint density at radius 1 is 1.11 bits per heavy atom. The van der Waals surface area contributed by atoms with Crippen molar-refractivity contribution in [1.29, 1.82) is 0 Å². The van der Waals surface area contributed by atoms with Gasteiger partial charge in [-0.1, -0.05) is 6.07 Å². The largest absolute Gasteiger partial charge is 0.456 e. The van der Waals surface area contributed by atoms with Crippen LogP contribution in [0.3, 0.4) is 0 Å². The van der Waals surface area contributed by atoms with Gasteiger partial charge in [-0.15, -0.1) is 0 Å². The third-order valence-corrected chi connectivity index (χ3v) is 3.81. The molecule has 0 bridgehead atoms. The zero-order valence-electron chi connectivity index (χ0n) is 9.70. The van der Waals surface area contributed by atoms with E-state index in [9.17, 15) is 0 Å². The summed E-state index contributed by atoms with van der Waals surface area (Å²) in [5.74, 6) is 1.65. The summed E-state index contributed by atoms with van der Waals surface area (Å²) in [4.78, 5) is 0. The Bertz CT molecular complexity index is 528. The molecule has 0 fully saturated rings. The van der Waals surface area contributed by atoms with Crippen LogP contribution in [0, 0.1) is 3.57 Å². The van der Waals surface area contributed by atoms with E-state index in [4.69, 9.17) is 10.5 Å². The molecule has 0 spiro atoms. The SMILES string of the molecule is NCCc1ccc(Oc2ccc(I)cc2)c(Br)c1. The monoisotopic (exact) mass is 417 g/mol. The van der Waals surface area contributed by atoms with Gasteiger partial charge in [-0.25, -0.2) is 0 Å². The minimum atomic E-state index is 0.657. The number of ether oxygens (including phenoxy) is 1. The predicted octanol–water partition coefficient (Wildman–Crippen LogP) is 4.35. The summed E-state index contributed by atoms with van der Waals surface area (Å²) in [6.07, 6.45) is 0.877. The first-order valence-corrected chi connectivity index (χ1v) is 7.48. The van der Waals surface area contributed by atoms with Crippen LogP contribution in [0.4, 0.5) is 0 Å². The Labute approximate surface area is 129 Å². The minimum Gasteiger partial charge on any atom is -0.456 e. The zero-order valence-corrected chi connectivity index (χ0v) is 13.4. The van der Waals surface area contributed by atoms with E-state index in [1.807, 2.05) is 36.4 Å². The van der Waals surface area contributed by atoms with Crippen LogP contribution in [0.1, 0.15) is 5.56 Å². The molecule has 2 rings (SSSR count). The molecule has 0 aliphatic carbocycles. The predicted molar refractivity (Wildman–Crippen MR) is 86.1 cm³/mol. The molecule has 4 heteroatoms. The number of nitrogens with two attached hydrogens (primary N) is 1. The lowest BCUT2D eigenvalue weighted by Crippen LogP contribution is -2.02. The van der Waals surface area contributed by atoms with Gasteiger partial charge in [-0.05, 0) is 93.4 Å². The molecule has 0 aliphatic heterocycles. The van der Waals surface area contributed by atoms with E-state index in [1.54, 1.807) is 0 Å². The number of halogens is 2. The highest BCUT2D eigenvalue weighted by Crippen LogP contribution is 2.30. The van der Waals surface area contributed by atoms with E-state index in [-0.39, 0.29) is 0 Å². The topological polar surface area (TPSA) is 35.2 Å². The Balaban J connectivity index is 2.16. The minimum absolute atomic E-state index is 0.657. The third-order valence-electron chi connectivity index (χ3n) is 2.47. The van der Waals surface area contributed by atoms with Gasteiger partial charge in [-0.3, -0.25) is 0 Å². The first-order chi connectivity index (χ1) is 8.69. The van der Waals surface area contributed by atoms with E-state index in [0.29, 0.717) is 6.54 Å². The maximum atomic E-state index is 5.82. The summed E-state index contributed by atoms with van der Waals surface area (Å²) >= 11 is 5.79.